The number of piperidine rings is 1. The lowest BCUT2D eigenvalue weighted by atomic mass is 10.00. The van der Waals surface area contributed by atoms with E-state index in [4.69, 9.17) is 23.2 Å². The van der Waals surface area contributed by atoms with E-state index in [1.54, 1.807) is 0 Å². The van der Waals surface area contributed by atoms with Gasteiger partial charge in [0.05, 0.1) is 10.6 Å². The van der Waals surface area contributed by atoms with Crippen LogP contribution in [-0.2, 0) is 6.18 Å². The molecular formula is C12H13Cl2F3N2. The Kier molecular flexibility index (Phi) is 4.46. The lowest BCUT2D eigenvalue weighted by Crippen LogP contribution is -2.36. The van der Waals surface area contributed by atoms with Crippen molar-refractivity contribution in [2.45, 2.75) is 19.0 Å². The smallest absolute Gasteiger partial charge is 0.355 e. The molecule has 106 valence electrons. The first-order valence-electron chi connectivity index (χ1n) is 5.95. The molecule has 0 bridgehead atoms. The van der Waals surface area contributed by atoms with Gasteiger partial charge in [-0.15, -0.1) is 11.6 Å². The van der Waals surface area contributed by atoms with Gasteiger partial charge in [0.2, 0.25) is 0 Å². The maximum atomic E-state index is 12.5. The average molecular weight is 313 g/mol. The second-order valence-corrected chi connectivity index (χ2v) is 5.35. The van der Waals surface area contributed by atoms with Gasteiger partial charge in [0.15, 0.2) is 0 Å². The zero-order valence-corrected chi connectivity index (χ0v) is 11.6. The summed E-state index contributed by atoms with van der Waals surface area (Å²) in [7, 11) is 0. The topological polar surface area (TPSA) is 16.1 Å². The van der Waals surface area contributed by atoms with Crippen molar-refractivity contribution in [3.05, 3.63) is 22.8 Å². The van der Waals surface area contributed by atoms with Gasteiger partial charge in [0.1, 0.15) is 5.82 Å². The third kappa shape index (κ3) is 3.45. The molecule has 1 unspecified atom stereocenters. The summed E-state index contributed by atoms with van der Waals surface area (Å²) in [5, 5.41) is 0.0325. The minimum Gasteiger partial charge on any atom is -0.355 e. The summed E-state index contributed by atoms with van der Waals surface area (Å²) in [6.45, 7) is 1.42. The van der Waals surface area contributed by atoms with E-state index in [2.05, 4.69) is 4.98 Å². The van der Waals surface area contributed by atoms with Crippen molar-refractivity contribution in [3.8, 4) is 0 Å². The molecule has 0 radical (unpaired) electrons. The molecule has 1 aromatic rings. The summed E-state index contributed by atoms with van der Waals surface area (Å²) in [5.41, 5.74) is -0.827. The molecule has 7 heteroatoms. The molecule has 1 atom stereocenters. The Morgan fingerprint density at radius 2 is 2.16 bits per heavy atom. The highest BCUT2D eigenvalue weighted by molar-refractivity contribution is 6.33. The molecule has 2 heterocycles. The predicted molar refractivity (Wildman–Crippen MR) is 69.9 cm³/mol. The van der Waals surface area contributed by atoms with E-state index in [1.165, 1.54) is 0 Å². The van der Waals surface area contributed by atoms with Gasteiger partial charge in [-0.3, -0.25) is 0 Å². The van der Waals surface area contributed by atoms with E-state index in [0.717, 1.165) is 31.6 Å². The van der Waals surface area contributed by atoms with Crippen molar-refractivity contribution < 1.29 is 13.2 Å². The van der Waals surface area contributed by atoms with Crippen molar-refractivity contribution >= 4 is 29.0 Å². The summed E-state index contributed by atoms with van der Waals surface area (Å²) < 4.78 is 37.6. The maximum Gasteiger partial charge on any atom is 0.417 e. The normalized spacial score (nSPS) is 20.7. The van der Waals surface area contributed by atoms with Crippen LogP contribution in [0.3, 0.4) is 0 Å². The van der Waals surface area contributed by atoms with Crippen molar-refractivity contribution in [2.24, 2.45) is 5.92 Å². The molecule has 1 aliphatic heterocycles. The summed E-state index contributed by atoms with van der Waals surface area (Å²) in [4.78, 5) is 5.77. The Balaban J connectivity index is 2.21. The molecule has 1 aliphatic rings. The monoisotopic (exact) mass is 312 g/mol. The van der Waals surface area contributed by atoms with Crippen LogP contribution in [0.15, 0.2) is 12.3 Å². The lowest BCUT2D eigenvalue weighted by Gasteiger charge is -2.33. The fourth-order valence-corrected chi connectivity index (χ4v) is 2.74. The molecule has 0 saturated carbocycles. The highest BCUT2D eigenvalue weighted by Crippen LogP contribution is 2.34. The van der Waals surface area contributed by atoms with Crippen LogP contribution in [-0.4, -0.2) is 24.0 Å². The lowest BCUT2D eigenvalue weighted by molar-refractivity contribution is -0.137. The summed E-state index contributed by atoms with van der Waals surface area (Å²) in [6.07, 6.45) is -1.63. The number of halogens is 5. The van der Waals surface area contributed by atoms with Gasteiger partial charge in [0, 0.05) is 25.2 Å². The predicted octanol–water partition coefficient (Wildman–Crippen LogP) is 4.21. The summed E-state index contributed by atoms with van der Waals surface area (Å²) in [6, 6.07) is 0.925. The number of pyridine rings is 1. The van der Waals surface area contributed by atoms with Gasteiger partial charge in [-0.2, -0.15) is 13.2 Å². The largest absolute Gasteiger partial charge is 0.417 e. The second-order valence-electron chi connectivity index (χ2n) is 4.64. The number of hydrogen-bond acceptors (Lipinski definition) is 2. The van der Waals surface area contributed by atoms with Gasteiger partial charge in [-0.1, -0.05) is 11.6 Å². The van der Waals surface area contributed by atoms with E-state index >= 15 is 0 Å². The molecule has 0 N–H and O–H groups in total. The van der Waals surface area contributed by atoms with Gasteiger partial charge in [0.25, 0.3) is 0 Å². The van der Waals surface area contributed by atoms with E-state index in [0.29, 0.717) is 24.2 Å². The Labute approximate surface area is 119 Å². The van der Waals surface area contributed by atoms with E-state index in [1.807, 2.05) is 4.90 Å². The highest BCUT2D eigenvalue weighted by atomic mass is 35.5. The number of nitrogens with zero attached hydrogens (tertiary/aromatic N) is 2. The third-order valence-electron chi connectivity index (χ3n) is 3.19. The molecule has 0 aromatic carbocycles. The molecule has 2 rings (SSSR count). The van der Waals surface area contributed by atoms with Crippen LogP contribution < -0.4 is 4.90 Å². The Morgan fingerprint density at radius 3 is 2.74 bits per heavy atom. The Bertz CT molecular complexity index is 451. The first-order chi connectivity index (χ1) is 8.91. The molecule has 19 heavy (non-hydrogen) atoms. The maximum absolute atomic E-state index is 12.5. The van der Waals surface area contributed by atoms with Gasteiger partial charge >= 0.3 is 6.18 Å². The quantitative estimate of drug-likeness (QED) is 0.760. The van der Waals surface area contributed by atoms with Crippen molar-refractivity contribution in [3.63, 3.8) is 0 Å². The van der Waals surface area contributed by atoms with Crippen LogP contribution in [0.5, 0.6) is 0 Å². The summed E-state index contributed by atoms with van der Waals surface area (Å²) in [5.74, 6) is 1.27. The molecular weight excluding hydrogens is 300 g/mol. The van der Waals surface area contributed by atoms with Gasteiger partial charge < -0.3 is 4.90 Å². The number of anilines is 1. The Hall–Kier alpha value is -0.680. The van der Waals surface area contributed by atoms with Crippen LogP contribution in [0.25, 0.3) is 0 Å². The third-order valence-corrected chi connectivity index (χ3v) is 3.90. The average Bonchev–Trinajstić information content (AvgIpc) is 2.37. The first-order valence-corrected chi connectivity index (χ1v) is 6.86. The van der Waals surface area contributed by atoms with E-state index in [-0.39, 0.29) is 5.02 Å². The van der Waals surface area contributed by atoms with Crippen LogP contribution in [0.2, 0.25) is 5.02 Å². The zero-order chi connectivity index (χ0) is 14.0. The first kappa shape index (κ1) is 14.7. The number of hydrogen-bond donors (Lipinski definition) is 0. The zero-order valence-electron chi connectivity index (χ0n) is 10.1. The number of aromatic nitrogens is 1. The minimum absolute atomic E-state index is 0.0325. The van der Waals surface area contributed by atoms with Crippen molar-refractivity contribution in [1.82, 2.24) is 4.98 Å². The van der Waals surface area contributed by atoms with Gasteiger partial charge in [-0.05, 0) is 24.8 Å². The van der Waals surface area contributed by atoms with Crippen molar-refractivity contribution in [1.29, 1.82) is 0 Å². The van der Waals surface area contributed by atoms with Crippen LogP contribution in [0.4, 0.5) is 19.0 Å². The second kappa shape index (κ2) is 5.75. The molecule has 2 nitrogen and oxygen atoms in total. The van der Waals surface area contributed by atoms with Crippen molar-refractivity contribution in [2.75, 3.05) is 23.9 Å². The van der Waals surface area contributed by atoms with Crippen LogP contribution in [0.1, 0.15) is 18.4 Å². The minimum atomic E-state index is -4.42. The fourth-order valence-electron chi connectivity index (χ4n) is 2.20. The SMILES string of the molecule is FC(F)(F)c1cnc(N2CCCC(CCl)C2)c(Cl)c1. The molecule has 1 aromatic heterocycles. The standard InChI is InChI=1S/C12H13Cl2F3N2/c13-5-8-2-1-3-19(7-8)11-10(14)4-9(6-18-11)12(15,16)17/h4,6,8H,1-3,5,7H2. The molecule has 0 spiro atoms. The van der Waals surface area contributed by atoms with Crippen LogP contribution in [0, 0.1) is 5.92 Å². The van der Waals surface area contributed by atoms with Crippen LogP contribution >= 0.6 is 23.2 Å². The molecule has 1 fully saturated rings. The van der Waals surface area contributed by atoms with Gasteiger partial charge in [-0.25, -0.2) is 4.98 Å². The highest BCUT2D eigenvalue weighted by Gasteiger charge is 2.32. The molecule has 0 aliphatic carbocycles. The molecule has 0 amide bonds. The number of alkyl halides is 4. The van der Waals surface area contributed by atoms with E-state index < -0.39 is 11.7 Å². The summed E-state index contributed by atoms with van der Waals surface area (Å²) >= 11 is 11.8. The Morgan fingerprint density at radius 1 is 1.42 bits per heavy atom. The fraction of sp³-hybridized carbons (Fsp3) is 0.583. The molecule has 1 saturated heterocycles. The van der Waals surface area contributed by atoms with E-state index in [9.17, 15) is 13.2 Å². The number of rotatable bonds is 2.